The molecule has 1 atom stereocenters. The summed E-state index contributed by atoms with van der Waals surface area (Å²) in [7, 11) is 0. The number of nitrogens with zero attached hydrogens (tertiary/aromatic N) is 4. The van der Waals surface area contributed by atoms with Gasteiger partial charge < -0.3 is 4.90 Å². The molecule has 1 aromatic carbocycles. The first-order chi connectivity index (χ1) is 12.7. The molecule has 2 aliphatic rings. The Bertz CT molecular complexity index is 862. The zero-order valence-corrected chi connectivity index (χ0v) is 15.1. The van der Waals surface area contributed by atoms with Crippen molar-refractivity contribution in [1.29, 1.82) is 0 Å². The molecular formula is C20H24N4O2. The standard InChI is InChI=1S/C20H24N4O2/c1-2-22-14-21-17-13-23(12-10-16(17)19(22)25)18-9-6-11-24(20(18)26)15-7-4-3-5-8-15/h3-5,7-8,14,18H,2,6,9-13H2,1H3/t18-/m0/s1. The summed E-state index contributed by atoms with van der Waals surface area (Å²) in [6.07, 6.45) is 4.14. The maximum Gasteiger partial charge on any atom is 0.256 e. The molecular weight excluding hydrogens is 328 g/mol. The zero-order valence-electron chi connectivity index (χ0n) is 15.1. The van der Waals surface area contributed by atoms with Gasteiger partial charge in [-0.05, 0) is 38.3 Å². The van der Waals surface area contributed by atoms with Crippen molar-refractivity contribution in [3.63, 3.8) is 0 Å². The molecule has 0 aliphatic carbocycles. The Morgan fingerprint density at radius 1 is 1.15 bits per heavy atom. The van der Waals surface area contributed by atoms with Gasteiger partial charge in [0.15, 0.2) is 0 Å². The summed E-state index contributed by atoms with van der Waals surface area (Å²) in [5.41, 5.74) is 2.67. The van der Waals surface area contributed by atoms with Gasteiger partial charge in [0.05, 0.1) is 18.1 Å². The molecule has 6 nitrogen and oxygen atoms in total. The van der Waals surface area contributed by atoms with Gasteiger partial charge in [-0.15, -0.1) is 0 Å². The number of hydrogen-bond acceptors (Lipinski definition) is 4. The topological polar surface area (TPSA) is 58.4 Å². The molecule has 26 heavy (non-hydrogen) atoms. The van der Waals surface area contributed by atoms with E-state index in [9.17, 15) is 9.59 Å². The first-order valence-corrected chi connectivity index (χ1v) is 9.36. The Hall–Kier alpha value is -2.47. The van der Waals surface area contributed by atoms with Gasteiger partial charge in [-0.2, -0.15) is 0 Å². The van der Waals surface area contributed by atoms with Crippen LogP contribution < -0.4 is 10.5 Å². The van der Waals surface area contributed by atoms with Gasteiger partial charge in [0.2, 0.25) is 5.91 Å². The molecule has 0 unspecified atom stereocenters. The first kappa shape index (κ1) is 17.0. The molecule has 1 fully saturated rings. The van der Waals surface area contributed by atoms with Crippen molar-refractivity contribution in [1.82, 2.24) is 14.5 Å². The van der Waals surface area contributed by atoms with E-state index in [0.717, 1.165) is 42.9 Å². The minimum Gasteiger partial charge on any atom is -0.311 e. The molecule has 136 valence electrons. The molecule has 4 rings (SSSR count). The van der Waals surface area contributed by atoms with E-state index in [0.29, 0.717) is 19.5 Å². The fourth-order valence-corrected chi connectivity index (χ4v) is 4.03. The highest BCUT2D eigenvalue weighted by molar-refractivity contribution is 5.97. The highest BCUT2D eigenvalue weighted by Crippen LogP contribution is 2.26. The van der Waals surface area contributed by atoms with E-state index >= 15 is 0 Å². The van der Waals surface area contributed by atoms with Crippen LogP contribution in [0.1, 0.15) is 31.0 Å². The molecule has 1 saturated heterocycles. The third-order valence-electron chi connectivity index (χ3n) is 5.48. The number of amides is 1. The number of aromatic nitrogens is 2. The number of carbonyl (C=O) groups excluding carboxylic acids is 1. The summed E-state index contributed by atoms with van der Waals surface area (Å²) in [4.78, 5) is 34.1. The molecule has 3 heterocycles. The second-order valence-corrected chi connectivity index (χ2v) is 6.96. The number of anilines is 1. The van der Waals surface area contributed by atoms with E-state index in [1.54, 1.807) is 10.9 Å². The third kappa shape index (κ3) is 2.94. The number of piperidine rings is 1. The van der Waals surface area contributed by atoms with E-state index in [4.69, 9.17) is 0 Å². The second kappa shape index (κ2) is 7.03. The Morgan fingerprint density at radius 2 is 1.96 bits per heavy atom. The Morgan fingerprint density at radius 3 is 2.73 bits per heavy atom. The van der Waals surface area contributed by atoms with E-state index in [1.165, 1.54) is 0 Å². The highest BCUT2D eigenvalue weighted by atomic mass is 16.2. The van der Waals surface area contributed by atoms with Crippen LogP contribution in [0.15, 0.2) is 41.5 Å². The number of rotatable bonds is 3. The lowest BCUT2D eigenvalue weighted by molar-refractivity contribution is -0.125. The lowest BCUT2D eigenvalue weighted by atomic mass is 9.98. The number of para-hydroxylation sites is 1. The summed E-state index contributed by atoms with van der Waals surface area (Å²) in [5, 5.41) is 0. The fourth-order valence-electron chi connectivity index (χ4n) is 4.03. The number of carbonyl (C=O) groups is 1. The van der Waals surface area contributed by atoms with Crippen LogP contribution in [-0.4, -0.2) is 39.5 Å². The van der Waals surface area contributed by atoms with Crippen molar-refractivity contribution in [3.8, 4) is 0 Å². The van der Waals surface area contributed by atoms with Crippen molar-refractivity contribution >= 4 is 11.6 Å². The lowest BCUT2D eigenvalue weighted by Crippen LogP contribution is -2.54. The average Bonchev–Trinajstić information content (AvgIpc) is 2.69. The van der Waals surface area contributed by atoms with E-state index in [-0.39, 0.29) is 17.5 Å². The first-order valence-electron chi connectivity index (χ1n) is 9.36. The van der Waals surface area contributed by atoms with Crippen LogP contribution in [0.25, 0.3) is 0 Å². The summed E-state index contributed by atoms with van der Waals surface area (Å²) >= 11 is 0. The van der Waals surface area contributed by atoms with Crippen LogP contribution in [0, 0.1) is 0 Å². The zero-order chi connectivity index (χ0) is 18.1. The molecule has 0 radical (unpaired) electrons. The Balaban J connectivity index is 1.56. The summed E-state index contributed by atoms with van der Waals surface area (Å²) < 4.78 is 1.65. The fraction of sp³-hybridized carbons (Fsp3) is 0.450. The minimum absolute atomic E-state index is 0.0676. The summed E-state index contributed by atoms with van der Waals surface area (Å²) in [6.45, 7) is 4.66. The lowest BCUT2D eigenvalue weighted by Gasteiger charge is -2.40. The van der Waals surface area contributed by atoms with Crippen molar-refractivity contribution < 1.29 is 4.79 Å². The van der Waals surface area contributed by atoms with Gasteiger partial charge in [0, 0.05) is 37.4 Å². The van der Waals surface area contributed by atoms with Gasteiger partial charge in [0.1, 0.15) is 0 Å². The molecule has 2 aliphatic heterocycles. The smallest absolute Gasteiger partial charge is 0.256 e. The maximum atomic E-state index is 13.1. The number of fused-ring (bicyclic) bond motifs is 1. The van der Waals surface area contributed by atoms with Crippen LogP contribution >= 0.6 is 0 Å². The van der Waals surface area contributed by atoms with Gasteiger partial charge in [-0.3, -0.25) is 19.1 Å². The van der Waals surface area contributed by atoms with Crippen molar-refractivity contribution in [2.24, 2.45) is 0 Å². The largest absolute Gasteiger partial charge is 0.311 e. The summed E-state index contributed by atoms with van der Waals surface area (Å²) in [5.74, 6) is 0.160. The van der Waals surface area contributed by atoms with Crippen molar-refractivity contribution in [2.45, 2.75) is 45.3 Å². The number of hydrogen-bond donors (Lipinski definition) is 0. The molecule has 0 N–H and O–H groups in total. The van der Waals surface area contributed by atoms with Crippen LogP contribution in [0.5, 0.6) is 0 Å². The normalized spacial score (nSPS) is 20.9. The molecule has 1 aromatic heterocycles. The van der Waals surface area contributed by atoms with E-state index < -0.39 is 0 Å². The number of aryl methyl sites for hydroxylation is 1. The van der Waals surface area contributed by atoms with Gasteiger partial charge in [-0.25, -0.2) is 4.98 Å². The second-order valence-electron chi connectivity index (χ2n) is 6.96. The van der Waals surface area contributed by atoms with Gasteiger partial charge >= 0.3 is 0 Å². The monoisotopic (exact) mass is 352 g/mol. The Kier molecular flexibility index (Phi) is 4.59. The molecule has 0 saturated carbocycles. The summed E-state index contributed by atoms with van der Waals surface area (Å²) in [6, 6.07) is 9.73. The van der Waals surface area contributed by atoms with Crippen LogP contribution in [0.3, 0.4) is 0 Å². The van der Waals surface area contributed by atoms with Crippen LogP contribution in [0.2, 0.25) is 0 Å². The Labute approximate surface area is 153 Å². The quantitative estimate of drug-likeness (QED) is 0.845. The molecule has 1 amide bonds. The molecule has 0 spiro atoms. The molecule has 0 bridgehead atoms. The predicted octanol–water partition coefficient (Wildman–Crippen LogP) is 1.82. The van der Waals surface area contributed by atoms with Crippen molar-refractivity contribution in [2.75, 3.05) is 18.0 Å². The third-order valence-corrected chi connectivity index (χ3v) is 5.48. The average molecular weight is 352 g/mol. The number of benzene rings is 1. The van der Waals surface area contributed by atoms with E-state index in [1.807, 2.05) is 42.2 Å². The SMILES string of the molecule is CCn1cnc2c(c1=O)CCN([C@H]1CCCN(c3ccccc3)C1=O)C2. The van der Waals surface area contributed by atoms with Gasteiger partial charge in [-0.1, -0.05) is 18.2 Å². The minimum atomic E-state index is -0.132. The van der Waals surface area contributed by atoms with E-state index in [2.05, 4.69) is 9.88 Å². The maximum absolute atomic E-state index is 13.1. The molecule has 6 heteroatoms. The molecule has 2 aromatic rings. The highest BCUT2D eigenvalue weighted by Gasteiger charge is 2.36. The predicted molar refractivity (Wildman–Crippen MR) is 100 cm³/mol. The van der Waals surface area contributed by atoms with Crippen LogP contribution in [0.4, 0.5) is 5.69 Å². The van der Waals surface area contributed by atoms with Crippen LogP contribution in [-0.2, 0) is 24.3 Å². The van der Waals surface area contributed by atoms with Crippen molar-refractivity contribution in [3.05, 3.63) is 58.3 Å². The van der Waals surface area contributed by atoms with Gasteiger partial charge in [0.25, 0.3) is 5.56 Å².